The molecule has 326 valence electrons. The van der Waals surface area contributed by atoms with Gasteiger partial charge >= 0.3 is 0 Å². The maximum Gasteiger partial charge on any atom is 0.119 e. The molecule has 0 amide bonds. The normalized spacial score (nSPS) is 15.5. The van der Waals surface area contributed by atoms with Crippen molar-refractivity contribution in [1.82, 2.24) is 4.90 Å². The van der Waals surface area contributed by atoms with Gasteiger partial charge in [-0.2, -0.15) is 0 Å². The maximum atomic E-state index is 10.8. The van der Waals surface area contributed by atoms with Crippen LogP contribution in [0.15, 0.2) is 152 Å². The Kier molecular flexibility index (Phi) is 20.0. The van der Waals surface area contributed by atoms with Gasteiger partial charge < -0.3 is 52.5 Å². The monoisotopic (exact) mass is 837 g/mol. The summed E-state index contributed by atoms with van der Waals surface area (Å²) in [6.45, 7) is 5.28. The number of aliphatic hydroxyl groups is 1. The molecular weight excluding hydrogens is 779 g/mol. The van der Waals surface area contributed by atoms with E-state index in [0.717, 1.165) is 24.6 Å². The van der Waals surface area contributed by atoms with Gasteiger partial charge in [0.1, 0.15) is 92.3 Å². The number of morpholine rings is 1. The van der Waals surface area contributed by atoms with Gasteiger partial charge in [0.15, 0.2) is 0 Å². The first-order chi connectivity index (χ1) is 30.1. The van der Waals surface area contributed by atoms with E-state index in [2.05, 4.69) is 4.90 Å². The SMILES string of the molecule is OC(COc1ccccc1)COC(COc1ccccc1)COC(COc1ccccc1)COC(COc1ccccc1)COC(COc1ccccc1)CN1CCOCC1. The lowest BCUT2D eigenvalue weighted by atomic mass is 10.3. The number of nitrogens with zero attached hydrogens (tertiary/aromatic N) is 1. The summed E-state index contributed by atoms with van der Waals surface area (Å²) in [6.07, 6.45) is -2.67. The van der Waals surface area contributed by atoms with Crippen LogP contribution in [0.5, 0.6) is 28.7 Å². The highest BCUT2D eigenvalue weighted by molar-refractivity contribution is 5.23. The first kappa shape index (κ1) is 45.3. The minimum absolute atomic E-state index is 0.0105. The molecule has 0 radical (unpaired) electrons. The van der Waals surface area contributed by atoms with Crippen LogP contribution in [-0.2, 0) is 23.7 Å². The Bertz CT molecular complexity index is 1820. The van der Waals surface area contributed by atoms with Gasteiger partial charge in [-0.05, 0) is 60.7 Å². The molecule has 0 saturated carbocycles. The quantitative estimate of drug-likeness (QED) is 0.0559. The maximum absolute atomic E-state index is 10.8. The van der Waals surface area contributed by atoms with Crippen molar-refractivity contribution >= 4 is 0 Å². The van der Waals surface area contributed by atoms with Gasteiger partial charge in [0.05, 0.1) is 39.6 Å². The first-order valence-electron chi connectivity index (χ1n) is 21.0. The molecule has 5 aromatic carbocycles. The molecule has 0 bridgehead atoms. The number of ether oxygens (including phenoxy) is 10. The summed E-state index contributed by atoms with van der Waals surface area (Å²) in [5, 5.41) is 10.8. The highest BCUT2D eigenvalue weighted by Gasteiger charge is 2.24. The molecule has 1 aliphatic rings. The average Bonchev–Trinajstić information content (AvgIpc) is 3.32. The van der Waals surface area contributed by atoms with E-state index in [1.165, 1.54) is 0 Å². The number of hydrogen-bond acceptors (Lipinski definition) is 12. The van der Waals surface area contributed by atoms with E-state index in [0.29, 0.717) is 43.6 Å². The molecular formula is C49H59NO11. The second-order valence-electron chi connectivity index (χ2n) is 14.5. The predicted molar refractivity (Wildman–Crippen MR) is 232 cm³/mol. The lowest BCUT2D eigenvalue weighted by Crippen LogP contribution is -2.44. The van der Waals surface area contributed by atoms with Gasteiger partial charge in [0, 0.05) is 19.6 Å². The fourth-order valence-corrected chi connectivity index (χ4v) is 6.22. The van der Waals surface area contributed by atoms with Gasteiger partial charge in [-0.3, -0.25) is 4.90 Å². The van der Waals surface area contributed by atoms with Crippen molar-refractivity contribution in [2.24, 2.45) is 0 Å². The fraction of sp³-hybridized carbons (Fsp3) is 0.388. The van der Waals surface area contributed by atoms with Crippen LogP contribution in [0.2, 0.25) is 0 Å². The number of hydrogen-bond donors (Lipinski definition) is 1. The smallest absolute Gasteiger partial charge is 0.119 e. The van der Waals surface area contributed by atoms with Crippen LogP contribution >= 0.6 is 0 Å². The summed E-state index contributed by atoms with van der Waals surface area (Å²) in [5.74, 6) is 3.57. The summed E-state index contributed by atoms with van der Waals surface area (Å²) in [6, 6.07) is 47.8. The van der Waals surface area contributed by atoms with Crippen molar-refractivity contribution in [2.45, 2.75) is 30.5 Å². The van der Waals surface area contributed by atoms with Gasteiger partial charge in [-0.25, -0.2) is 0 Å². The molecule has 6 rings (SSSR count). The summed E-state index contributed by atoms with van der Waals surface area (Å²) >= 11 is 0. The highest BCUT2D eigenvalue weighted by Crippen LogP contribution is 2.16. The van der Waals surface area contributed by atoms with E-state index in [1.807, 2.05) is 152 Å². The molecule has 0 aliphatic carbocycles. The number of benzene rings is 5. The van der Waals surface area contributed by atoms with E-state index in [9.17, 15) is 5.11 Å². The fourth-order valence-electron chi connectivity index (χ4n) is 6.22. The minimum Gasteiger partial charge on any atom is -0.491 e. The Labute approximate surface area is 359 Å². The Hall–Kier alpha value is -5.18. The molecule has 12 heteroatoms. The molecule has 0 spiro atoms. The molecule has 12 nitrogen and oxygen atoms in total. The standard InChI is InChI=1S/C49H59NO11/c51-40(31-53-41-16-6-1-7-17-41)32-54-47(34-56-43-20-10-3-11-21-43)38-60-49(36-58-45-24-14-5-15-25-45)39-61-48(35-57-44-22-12-4-13-23-44)37-59-46(30-50-26-28-52-29-27-50)33-55-42-18-8-2-9-19-42/h1-25,40,46-49,51H,26-39H2. The molecule has 1 heterocycles. The minimum atomic E-state index is -0.879. The Morgan fingerprint density at radius 2 is 0.672 bits per heavy atom. The van der Waals surface area contributed by atoms with Crippen molar-refractivity contribution in [2.75, 3.05) is 92.3 Å². The van der Waals surface area contributed by atoms with Crippen molar-refractivity contribution in [3.05, 3.63) is 152 Å². The van der Waals surface area contributed by atoms with E-state index in [-0.39, 0.29) is 59.0 Å². The molecule has 1 fully saturated rings. The molecule has 1 N–H and O–H groups in total. The number of para-hydroxylation sites is 5. The van der Waals surface area contributed by atoms with Crippen LogP contribution < -0.4 is 23.7 Å². The molecule has 5 aromatic rings. The van der Waals surface area contributed by atoms with E-state index in [1.54, 1.807) is 0 Å². The molecule has 5 atom stereocenters. The van der Waals surface area contributed by atoms with Crippen molar-refractivity contribution in [3.8, 4) is 28.7 Å². The van der Waals surface area contributed by atoms with Crippen LogP contribution in [0.3, 0.4) is 0 Å². The zero-order chi connectivity index (χ0) is 42.0. The molecule has 5 unspecified atom stereocenters. The largest absolute Gasteiger partial charge is 0.491 e. The van der Waals surface area contributed by atoms with Crippen LogP contribution in [0, 0.1) is 0 Å². The van der Waals surface area contributed by atoms with Gasteiger partial charge in [0.25, 0.3) is 0 Å². The van der Waals surface area contributed by atoms with Crippen LogP contribution in [0.4, 0.5) is 0 Å². The average molecular weight is 838 g/mol. The zero-order valence-electron chi connectivity index (χ0n) is 34.7. The van der Waals surface area contributed by atoms with E-state index in [4.69, 9.17) is 47.4 Å². The van der Waals surface area contributed by atoms with Gasteiger partial charge in [0.2, 0.25) is 0 Å². The molecule has 61 heavy (non-hydrogen) atoms. The second kappa shape index (κ2) is 26.9. The molecule has 1 saturated heterocycles. The van der Waals surface area contributed by atoms with Crippen molar-refractivity contribution < 1.29 is 52.5 Å². The Balaban J connectivity index is 1.11. The van der Waals surface area contributed by atoms with Crippen molar-refractivity contribution in [3.63, 3.8) is 0 Å². The van der Waals surface area contributed by atoms with Crippen LogP contribution in [0.1, 0.15) is 0 Å². The van der Waals surface area contributed by atoms with Gasteiger partial charge in [-0.15, -0.1) is 0 Å². The third kappa shape index (κ3) is 18.1. The zero-order valence-corrected chi connectivity index (χ0v) is 34.7. The topological polar surface area (TPSA) is 116 Å². The van der Waals surface area contributed by atoms with Gasteiger partial charge in [-0.1, -0.05) is 91.0 Å². The summed E-state index contributed by atoms with van der Waals surface area (Å²) in [5.41, 5.74) is 0. The Morgan fingerprint density at radius 3 is 1.03 bits per heavy atom. The molecule has 1 aliphatic heterocycles. The van der Waals surface area contributed by atoms with E-state index < -0.39 is 24.4 Å². The second-order valence-corrected chi connectivity index (χ2v) is 14.5. The van der Waals surface area contributed by atoms with Crippen LogP contribution in [0.25, 0.3) is 0 Å². The number of rotatable bonds is 29. The lowest BCUT2D eigenvalue weighted by molar-refractivity contribution is -0.126. The summed E-state index contributed by atoms with van der Waals surface area (Å²) in [7, 11) is 0. The third-order valence-electron chi connectivity index (χ3n) is 9.55. The molecule has 0 aromatic heterocycles. The summed E-state index contributed by atoms with van der Waals surface area (Å²) < 4.78 is 61.9. The third-order valence-corrected chi connectivity index (χ3v) is 9.55. The Morgan fingerprint density at radius 1 is 0.377 bits per heavy atom. The van der Waals surface area contributed by atoms with Crippen molar-refractivity contribution in [1.29, 1.82) is 0 Å². The highest BCUT2D eigenvalue weighted by atomic mass is 16.6. The number of aliphatic hydroxyl groups excluding tert-OH is 1. The summed E-state index contributed by atoms with van der Waals surface area (Å²) in [4.78, 5) is 2.33. The lowest BCUT2D eigenvalue weighted by Gasteiger charge is -2.31. The van der Waals surface area contributed by atoms with E-state index >= 15 is 0 Å². The van der Waals surface area contributed by atoms with Crippen LogP contribution in [-0.4, -0.2) is 133 Å². The predicted octanol–water partition coefficient (Wildman–Crippen LogP) is 6.62. The first-order valence-corrected chi connectivity index (χ1v) is 21.0.